The van der Waals surface area contributed by atoms with Crippen molar-refractivity contribution in [2.75, 3.05) is 30.7 Å². The van der Waals surface area contributed by atoms with Gasteiger partial charge in [0, 0.05) is 13.1 Å². The SMILES string of the molecule is Nc1ncnc2c1nc(NCCCCCCNC(=O)C(Cc1cccc(F)c1)NC(c1ccccc1)(c1ccccc1)c1ccccc1)n2[C@@H]1O[C@H](COP(=O)(O)O)[C@@H](O)[C@H]1O. The number of benzene rings is 4. The molecular weight excluding hydrogens is 819 g/mol. The van der Waals surface area contributed by atoms with E-state index in [9.17, 15) is 24.0 Å². The van der Waals surface area contributed by atoms with E-state index in [2.05, 4.69) is 35.4 Å². The fourth-order valence-electron chi connectivity index (χ4n) is 7.87. The Labute approximate surface area is 357 Å². The van der Waals surface area contributed by atoms with E-state index in [1.807, 2.05) is 97.1 Å². The number of nitrogen functional groups attached to an aromatic ring is 1. The van der Waals surface area contributed by atoms with Gasteiger partial charge >= 0.3 is 7.82 Å². The van der Waals surface area contributed by atoms with Crippen molar-refractivity contribution >= 4 is 36.7 Å². The molecule has 3 heterocycles. The summed E-state index contributed by atoms with van der Waals surface area (Å²) in [6, 6.07) is 35.5. The summed E-state index contributed by atoms with van der Waals surface area (Å²) in [5.74, 6) is -0.301. The molecule has 5 atom stereocenters. The lowest BCUT2D eigenvalue weighted by molar-refractivity contribution is -0.123. The van der Waals surface area contributed by atoms with Crippen molar-refractivity contribution in [1.29, 1.82) is 0 Å². The molecule has 4 aromatic carbocycles. The van der Waals surface area contributed by atoms with Crippen LogP contribution in [0.25, 0.3) is 11.2 Å². The van der Waals surface area contributed by atoms with Crippen LogP contribution >= 0.6 is 7.82 Å². The van der Waals surface area contributed by atoms with Crippen LogP contribution in [0.1, 0.15) is 54.2 Å². The molecular formula is C44H50FN8O8P. The average Bonchev–Trinajstić information content (AvgIpc) is 3.78. The van der Waals surface area contributed by atoms with Crippen molar-refractivity contribution < 1.29 is 43.0 Å². The number of aliphatic hydroxyl groups is 2. The van der Waals surface area contributed by atoms with Crippen LogP contribution in [0.15, 0.2) is 122 Å². The minimum absolute atomic E-state index is 0.0764. The summed E-state index contributed by atoms with van der Waals surface area (Å²) < 4.78 is 37.5. The fraction of sp³-hybridized carbons (Fsp3) is 0.318. The van der Waals surface area contributed by atoms with Gasteiger partial charge < -0.3 is 41.1 Å². The summed E-state index contributed by atoms with van der Waals surface area (Å²) in [7, 11) is -4.87. The van der Waals surface area contributed by atoms with E-state index >= 15 is 0 Å². The molecule has 16 nitrogen and oxygen atoms in total. The Bertz CT molecular complexity index is 2350. The number of unbranched alkanes of at least 4 members (excludes halogenated alkanes) is 3. The van der Waals surface area contributed by atoms with Crippen LogP contribution in [0.2, 0.25) is 0 Å². The van der Waals surface area contributed by atoms with Crippen LogP contribution < -0.4 is 21.7 Å². The molecule has 1 aliphatic rings. The third-order valence-corrected chi connectivity index (χ3v) is 11.3. The topological polar surface area (TPSA) is 239 Å². The summed E-state index contributed by atoms with van der Waals surface area (Å²) in [6.45, 7) is 0.160. The van der Waals surface area contributed by atoms with Crippen LogP contribution in [0.3, 0.4) is 0 Å². The summed E-state index contributed by atoms with van der Waals surface area (Å²) >= 11 is 0. The molecule has 0 saturated carbocycles. The van der Waals surface area contributed by atoms with Crippen LogP contribution in [-0.2, 0) is 30.6 Å². The van der Waals surface area contributed by atoms with Gasteiger partial charge in [0.2, 0.25) is 11.9 Å². The molecule has 1 amide bonds. The maximum atomic E-state index is 14.5. The first-order chi connectivity index (χ1) is 29.9. The van der Waals surface area contributed by atoms with Gasteiger partial charge in [0.05, 0.1) is 18.2 Å². The van der Waals surface area contributed by atoms with Gasteiger partial charge in [0.25, 0.3) is 0 Å². The molecule has 9 N–H and O–H groups in total. The second-order valence-electron chi connectivity index (χ2n) is 15.1. The smallest absolute Gasteiger partial charge is 0.387 e. The van der Waals surface area contributed by atoms with Crippen LogP contribution in [-0.4, -0.2) is 89.5 Å². The number of nitrogens with zero attached hydrogens (tertiary/aromatic N) is 4. The Morgan fingerprint density at radius 1 is 0.855 bits per heavy atom. The van der Waals surface area contributed by atoms with E-state index in [0.29, 0.717) is 31.5 Å². The van der Waals surface area contributed by atoms with Gasteiger partial charge in [-0.3, -0.25) is 19.2 Å². The second kappa shape index (κ2) is 20.0. The average molecular weight is 869 g/mol. The number of hydrogen-bond donors (Lipinski definition) is 8. The van der Waals surface area contributed by atoms with Gasteiger partial charge in [-0.25, -0.2) is 23.9 Å². The number of anilines is 2. The Hall–Kier alpha value is -5.62. The lowest BCUT2D eigenvalue weighted by atomic mass is 9.76. The van der Waals surface area contributed by atoms with E-state index in [0.717, 1.165) is 29.5 Å². The third kappa shape index (κ3) is 10.3. The molecule has 326 valence electrons. The molecule has 6 aromatic rings. The highest BCUT2D eigenvalue weighted by molar-refractivity contribution is 7.46. The maximum Gasteiger partial charge on any atom is 0.469 e. The van der Waals surface area contributed by atoms with Gasteiger partial charge in [-0.1, -0.05) is 116 Å². The lowest BCUT2D eigenvalue weighted by Gasteiger charge is -2.40. The number of hydrogen-bond acceptors (Lipinski definition) is 12. The van der Waals surface area contributed by atoms with Crippen LogP contribution in [0, 0.1) is 5.82 Å². The maximum absolute atomic E-state index is 14.5. The Morgan fingerprint density at radius 3 is 2.06 bits per heavy atom. The predicted octanol–water partition coefficient (Wildman–Crippen LogP) is 4.56. The molecule has 0 radical (unpaired) electrons. The number of amides is 1. The number of nitrogens with one attached hydrogen (secondary N) is 3. The van der Waals surface area contributed by atoms with E-state index < -0.39 is 50.6 Å². The Balaban J connectivity index is 1.00. The summed E-state index contributed by atoms with van der Waals surface area (Å²) in [5.41, 5.74) is 9.08. The first-order valence-corrected chi connectivity index (χ1v) is 21.9. The molecule has 1 unspecified atom stereocenters. The van der Waals surface area contributed by atoms with E-state index in [1.165, 1.54) is 23.0 Å². The number of halogens is 1. The number of carbonyl (C=O) groups excluding carboxylic acids is 1. The molecule has 18 heteroatoms. The van der Waals surface area contributed by atoms with Crippen molar-refractivity contribution in [3.05, 3.63) is 150 Å². The minimum atomic E-state index is -4.87. The number of aromatic nitrogens is 4. The van der Waals surface area contributed by atoms with Gasteiger partial charge in [0.1, 0.15) is 30.5 Å². The molecule has 62 heavy (non-hydrogen) atoms. The molecule has 7 rings (SSSR count). The van der Waals surface area contributed by atoms with Crippen molar-refractivity contribution in [3.63, 3.8) is 0 Å². The highest BCUT2D eigenvalue weighted by Gasteiger charge is 2.46. The number of rotatable bonds is 20. The molecule has 2 aromatic heterocycles. The van der Waals surface area contributed by atoms with Gasteiger partial charge in [-0.05, 0) is 53.6 Å². The third-order valence-electron chi connectivity index (χ3n) is 10.8. The van der Waals surface area contributed by atoms with Crippen molar-refractivity contribution in [2.45, 2.75) is 68.2 Å². The standard InChI is InChI=1S/C44H50FN8O8P/c45-33-22-14-15-29(25-33)26-34(52-44(30-16-6-3-7-17-30,31-18-8-4-9-19-31)32-20-10-5-11-21-32)41(56)47-23-12-1-2-13-24-48-43-51-36-39(46)49-28-50-40(36)53(43)42-38(55)37(54)35(61-42)27-60-62(57,58)59/h3-11,14-22,25,28,34-35,37-38,42,52,54-55H,1-2,12-13,23-24,26-27H2,(H,47,56)(H,48,51)(H2,46,49,50)(H2,57,58,59)/t34?,35-,37-,38-,42-/m1/s1. The molecule has 1 fully saturated rings. The number of nitrogens with two attached hydrogens (primary N) is 1. The van der Waals surface area contributed by atoms with Crippen LogP contribution in [0.4, 0.5) is 16.2 Å². The van der Waals surface area contributed by atoms with Crippen molar-refractivity contribution in [1.82, 2.24) is 30.2 Å². The summed E-state index contributed by atoms with van der Waals surface area (Å²) in [6.07, 6.45) is -1.21. The summed E-state index contributed by atoms with van der Waals surface area (Å²) in [4.78, 5) is 45.3. The zero-order valence-corrected chi connectivity index (χ0v) is 34.6. The molecule has 1 saturated heterocycles. The predicted molar refractivity (Wildman–Crippen MR) is 230 cm³/mol. The number of imidazole rings is 1. The van der Waals surface area contributed by atoms with Gasteiger partial charge in [-0.2, -0.15) is 0 Å². The number of ether oxygens (including phenoxy) is 1. The normalized spacial score (nSPS) is 18.5. The molecule has 0 spiro atoms. The largest absolute Gasteiger partial charge is 0.469 e. The fourth-order valence-corrected chi connectivity index (χ4v) is 8.21. The molecule has 0 aliphatic carbocycles. The minimum Gasteiger partial charge on any atom is -0.387 e. The van der Waals surface area contributed by atoms with Crippen molar-refractivity contribution in [2.24, 2.45) is 0 Å². The number of phosphoric ester groups is 1. The Morgan fingerprint density at radius 2 is 1.47 bits per heavy atom. The van der Waals surface area contributed by atoms with E-state index in [4.69, 9.17) is 20.3 Å². The zero-order valence-electron chi connectivity index (χ0n) is 33.7. The second-order valence-corrected chi connectivity index (χ2v) is 16.3. The number of aliphatic hydroxyl groups excluding tert-OH is 2. The van der Waals surface area contributed by atoms with E-state index in [-0.39, 0.29) is 41.1 Å². The zero-order chi connectivity index (χ0) is 43.7. The van der Waals surface area contributed by atoms with Crippen LogP contribution in [0.5, 0.6) is 0 Å². The number of fused-ring (bicyclic) bond motifs is 1. The Kier molecular flexibility index (Phi) is 14.4. The van der Waals surface area contributed by atoms with Gasteiger partial charge in [0.15, 0.2) is 23.2 Å². The first kappa shape index (κ1) is 44.4. The highest BCUT2D eigenvalue weighted by atomic mass is 31.2. The monoisotopic (exact) mass is 868 g/mol. The first-order valence-electron chi connectivity index (χ1n) is 20.3. The highest BCUT2D eigenvalue weighted by Crippen LogP contribution is 2.40. The number of carbonyl (C=O) groups is 1. The summed E-state index contributed by atoms with van der Waals surface area (Å²) in [5, 5.41) is 31.7. The van der Waals surface area contributed by atoms with Gasteiger partial charge in [-0.15, -0.1) is 0 Å². The lowest BCUT2D eigenvalue weighted by Crippen LogP contribution is -2.56. The molecule has 0 bridgehead atoms. The quantitative estimate of drug-likeness (QED) is 0.0299. The van der Waals surface area contributed by atoms with Crippen molar-refractivity contribution in [3.8, 4) is 0 Å². The number of phosphoric acid groups is 1. The molecule has 1 aliphatic heterocycles. The van der Waals surface area contributed by atoms with E-state index in [1.54, 1.807) is 6.07 Å².